The van der Waals surface area contributed by atoms with Crippen LogP contribution in [0.3, 0.4) is 0 Å². The molecule has 0 spiro atoms. The van der Waals surface area contributed by atoms with Crippen LogP contribution in [0.15, 0.2) is 36.4 Å². The number of benzene rings is 2. The van der Waals surface area contributed by atoms with Crippen molar-refractivity contribution >= 4 is 23.3 Å². The standard InChI is InChI=1S/C14H17NO4.C14H19NO2/c1-19-14(16)11-7-8-12(13(9-11)15(17)18)10-5-3-2-4-6-10;1-17-14(16)11-7-8-12(13(15)9-11)10-5-3-2-4-6-10/h7-10H,2-6H2,1H3;7-10H,2-6,15H2,1H3. The highest BCUT2D eigenvalue weighted by Gasteiger charge is 2.25. The van der Waals surface area contributed by atoms with Crippen molar-refractivity contribution in [2.75, 3.05) is 20.0 Å². The lowest BCUT2D eigenvalue weighted by Gasteiger charge is -2.23. The van der Waals surface area contributed by atoms with Crippen molar-refractivity contribution in [2.24, 2.45) is 0 Å². The predicted octanol–water partition coefficient (Wildman–Crippen LogP) is 6.53. The molecule has 0 aliphatic heterocycles. The average Bonchev–Trinajstić information content (AvgIpc) is 2.93. The van der Waals surface area contributed by atoms with Crippen LogP contribution >= 0.6 is 0 Å². The zero-order valence-electron chi connectivity index (χ0n) is 21.2. The Bertz CT molecular complexity index is 1070. The number of ether oxygens (including phenoxy) is 2. The van der Waals surface area contributed by atoms with Gasteiger partial charge in [-0.3, -0.25) is 10.1 Å². The number of anilines is 1. The monoisotopic (exact) mass is 496 g/mol. The highest BCUT2D eigenvalue weighted by atomic mass is 16.6. The normalized spacial score (nSPS) is 16.4. The Hall–Kier alpha value is -3.42. The van der Waals surface area contributed by atoms with Gasteiger partial charge in [-0.15, -0.1) is 0 Å². The van der Waals surface area contributed by atoms with Crippen LogP contribution in [0, 0.1) is 10.1 Å². The van der Waals surface area contributed by atoms with Crippen LogP contribution in [0.4, 0.5) is 11.4 Å². The first-order valence-electron chi connectivity index (χ1n) is 12.7. The van der Waals surface area contributed by atoms with Crippen LogP contribution in [0.5, 0.6) is 0 Å². The fourth-order valence-corrected chi connectivity index (χ4v) is 5.31. The molecule has 2 aromatic rings. The van der Waals surface area contributed by atoms with Crippen molar-refractivity contribution < 1.29 is 24.0 Å². The van der Waals surface area contributed by atoms with E-state index in [1.807, 2.05) is 12.1 Å². The van der Waals surface area contributed by atoms with E-state index in [0.29, 0.717) is 11.5 Å². The first kappa shape index (κ1) is 27.2. The van der Waals surface area contributed by atoms with Crippen LogP contribution in [-0.2, 0) is 9.47 Å². The van der Waals surface area contributed by atoms with E-state index in [4.69, 9.17) is 5.73 Å². The fourth-order valence-electron chi connectivity index (χ4n) is 5.31. The van der Waals surface area contributed by atoms with Crippen molar-refractivity contribution in [3.05, 3.63) is 68.8 Å². The topological polar surface area (TPSA) is 122 Å². The van der Waals surface area contributed by atoms with Crippen LogP contribution in [0.25, 0.3) is 0 Å². The van der Waals surface area contributed by atoms with E-state index in [1.165, 1.54) is 64.4 Å². The number of hydrogen-bond donors (Lipinski definition) is 1. The van der Waals surface area contributed by atoms with Gasteiger partial charge in [0.1, 0.15) is 0 Å². The summed E-state index contributed by atoms with van der Waals surface area (Å²) in [4.78, 5) is 33.6. The third-order valence-corrected chi connectivity index (χ3v) is 7.25. The van der Waals surface area contributed by atoms with E-state index in [-0.39, 0.29) is 23.1 Å². The van der Waals surface area contributed by atoms with E-state index in [1.54, 1.807) is 18.2 Å². The largest absolute Gasteiger partial charge is 0.465 e. The molecule has 2 saturated carbocycles. The summed E-state index contributed by atoms with van der Waals surface area (Å²) in [5.74, 6) is -0.0681. The van der Waals surface area contributed by atoms with Crippen LogP contribution in [0.2, 0.25) is 0 Å². The zero-order valence-corrected chi connectivity index (χ0v) is 21.2. The van der Waals surface area contributed by atoms with Gasteiger partial charge >= 0.3 is 11.9 Å². The Morgan fingerprint density at radius 3 is 1.67 bits per heavy atom. The predicted molar refractivity (Wildman–Crippen MR) is 138 cm³/mol. The Kier molecular flexibility index (Phi) is 9.85. The SMILES string of the molecule is COC(=O)c1ccc(C2CCCCC2)c(N)c1.COC(=O)c1ccc(C2CCCCC2)c([N+](=O)[O-])c1. The quantitative estimate of drug-likeness (QED) is 0.216. The summed E-state index contributed by atoms with van der Waals surface area (Å²) in [6.07, 6.45) is 11.7. The van der Waals surface area contributed by atoms with Gasteiger partial charge in [0, 0.05) is 17.3 Å². The second kappa shape index (κ2) is 13.0. The van der Waals surface area contributed by atoms with E-state index in [9.17, 15) is 19.7 Å². The van der Waals surface area contributed by atoms with Crippen LogP contribution in [0.1, 0.15) is 108 Å². The number of carbonyl (C=O) groups is 2. The Balaban J connectivity index is 0.000000202. The molecule has 2 aliphatic rings. The molecule has 0 bridgehead atoms. The molecule has 36 heavy (non-hydrogen) atoms. The van der Waals surface area contributed by atoms with Gasteiger partial charge < -0.3 is 15.2 Å². The zero-order chi connectivity index (χ0) is 26.1. The lowest BCUT2D eigenvalue weighted by atomic mass is 9.83. The van der Waals surface area contributed by atoms with E-state index in [0.717, 1.165) is 36.9 Å². The second-order valence-corrected chi connectivity index (χ2v) is 9.53. The molecular weight excluding hydrogens is 460 g/mol. The van der Waals surface area contributed by atoms with Crippen molar-refractivity contribution in [3.63, 3.8) is 0 Å². The molecule has 2 N–H and O–H groups in total. The maximum Gasteiger partial charge on any atom is 0.338 e. The molecule has 2 aliphatic carbocycles. The van der Waals surface area contributed by atoms with Gasteiger partial charge in [0.2, 0.25) is 0 Å². The lowest BCUT2D eigenvalue weighted by molar-refractivity contribution is -0.385. The summed E-state index contributed by atoms with van der Waals surface area (Å²) < 4.78 is 9.28. The van der Waals surface area contributed by atoms with E-state index < -0.39 is 10.9 Å². The molecule has 8 nitrogen and oxygen atoms in total. The van der Waals surface area contributed by atoms with Crippen molar-refractivity contribution in [2.45, 2.75) is 76.0 Å². The maximum atomic E-state index is 11.4. The summed E-state index contributed by atoms with van der Waals surface area (Å²) in [5, 5.41) is 11.2. The first-order valence-corrected chi connectivity index (χ1v) is 12.7. The number of nitrogen functional groups attached to an aromatic ring is 1. The average molecular weight is 497 g/mol. The van der Waals surface area contributed by atoms with E-state index in [2.05, 4.69) is 9.47 Å². The Labute approximate surface area is 212 Å². The minimum absolute atomic E-state index is 0.0369. The smallest absolute Gasteiger partial charge is 0.338 e. The van der Waals surface area contributed by atoms with Crippen molar-refractivity contribution in [3.8, 4) is 0 Å². The van der Waals surface area contributed by atoms with Gasteiger partial charge in [-0.05, 0) is 61.3 Å². The third kappa shape index (κ3) is 6.83. The van der Waals surface area contributed by atoms with Gasteiger partial charge in [-0.25, -0.2) is 9.59 Å². The van der Waals surface area contributed by atoms with Gasteiger partial charge in [0.25, 0.3) is 5.69 Å². The number of carbonyl (C=O) groups excluding carboxylic acids is 2. The van der Waals surface area contributed by atoms with Gasteiger partial charge in [0.05, 0.1) is 30.3 Å². The Morgan fingerprint density at radius 2 is 1.22 bits per heavy atom. The summed E-state index contributed by atoms with van der Waals surface area (Å²) >= 11 is 0. The molecule has 4 rings (SSSR count). The van der Waals surface area contributed by atoms with Crippen molar-refractivity contribution in [1.82, 2.24) is 0 Å². The maximum absolute atomic E-state index is 11.4. The number of nitro groups is 1. The number of methoxy groups -OCH3 is 2. The van der Waals surface area contributed by atoms with Crippen molar-refractivity contribution in [1.29, 1.82) is 0 Å². The number of hydrogen-bond acceptors (Lipinski definition) is 7. The summed E-state index contributed by atoms with van der Waals surface area (Å²) in [5.41, 5.74) is 9.50. The molecule has 0 heterocycles. The first-order chi connectivity index (χ1) is 17.3. The molecule has 194 valence electrons. The van der Waals surface area contributed by atoms with Gasteiger partial charge in [0.15, 0.2) is 0 Å². The summed E-state index contributed by atoms with van der Waals surface area (Å²) in [6, 6.07) is 10.2. The minimum atomic E-state index is -0.543. The van der Waals surface area contributed by atoms with Crippen LogP contribution in [-0.4, -0.2) is 31.1 Å². The van der Waals surface area contributed by atoms with E-state index >= 15 is 0 Å². The van der Waals surface area contributed by atoms with Gasteiger partial charge in [-0.2, -0.15) is 0 Å². The minimum Gasteiger partial charge on any atom is -0.465 e. The number of nitrogens with zero attached hydrogens (tertiary/aromatic N) is 1. The number of rotatable bonds is 5. The molecular formula is C28H36N2O6. The second-order valence-electron chi connectivity index (χ2n) is 9.53. The number of nitro benzene ring substituents is 1. The summed E-state index contributed by atoms with van der Waals surface area (Å²) in [6.45, 7) is 0. The number of esters is 2. The third-order valence-electron chi connectivity index (χ3n) is 7.25. The fraction of sp³-hybridized carbons (Fsp3) is 0.500. The molecule has 0 amide bonds. The van der Waals surface area contributed by atoms with Gasteiger partial charge in [-0.1, -0.05) is 50.7 Å². The highest BCUT2D eigenvalue weighted by molar-refractivity contribution is 5.91. The molecule has 0 unspecified atom stereocenters. The van der Waals surface area contributed by atoms with Crippen LogP contribution < -0.4 is 5.73 Å². The molecule has 0 atom stereocenters. The molecule has 0 aromatic heterocycles. The lowest BCUT2D eigenvalue weighted by Crippen LogP contribution is -2.09. The number of nitrogens with two attached hydrogens (primary N) is 1. The molecule has 0 radical (unpaired) electrons. The molecule has 2 aromatic carbocycles. The Morgan fingerprint density at radius 1 is 0.778 bits per heavy atom. The molecule has 0 saturated heterocycles. The highest BCUT2D eigenvalue weighted by Crippen LogP contribution is 2.38. The molecule has 2 fully saturated rings. The molecule has 8 heteroatoms. The summed E-state index contributed by atoms with van der Waals surface area (Å²) in [7, 11) is 2.65.